The van der Waals surface area contributed by atoms with Gasteiger partial charge in [-0.3, -0.25) is 9.59 Å². The first-order valence-corrected chi connectivity index (χ1v) is 8.02. The Balaban J connectivity index is 1.53. The van der Waals surface area contributed by atoms with Crippen LogP contribution in [0.15, 0.2) is 47.1 Å². The van der Waals surface area contributed by atoms with E-state index in [4.69, 9.17) is 13.9 Å². The van der Waals surface area contributed by atoms with Crippen LogP contribution in [0.1, 0.15) is 17.5 Å². The van der Waals surface area contributed by atoms with E-state index in [1.54, 1.807) is 26.1 Å². The average molecular weight is 344 g/mol. The summed E-state index contributed by atoms with van der Waals surface area (Å²) in [4.78, 5) is 25.9. The first kappa shape index (κ1) is 16.9. The van der Waals surface area contributed by atoms with Crippen molar-refractivity contribution in [1.82, 2.24) is 10.2 Å². The Morgan fingerprint density at radius 3 is 2.72 bits per heavy atom. The molecular weight excluding hydrogens is 324 g/mol. The first-order valence-electron chi connectivity index (χ1n) is 8.02. The molecule has 1 aromatic carbocycles. The second kappa shape index (κ2) is 7.29. The number of rotatable bonds is 5. The maximum Gasteiger partial charge on any atom is 0.287 e. The largest absolute Gasteiger partial charge is 0.486 e. The van der Waals surface area contributed by atoms with Crippen molar-refractivity contribution in [3.63, 3.8) is 0 Å². The van der Waals surface area contributed by atoms with Crippen molar-refractivity contribution in [3.05, 3.63) is 48.4 Å². The van der Waals surface area contributed by atoms with Gasteiger partial charge >= 0.3 is 0 Å². The van der Waals surface area contributed by atoms with E-state index in [2.05, 4.69) is 5.32 Å². The van der Waals surface area contributed by atoms with Crippen LogP contribution in [0.4, 0.5) is 0 Å². The van der Waals surface area contributed by atoms with Gasteiger partial charge in [0.2, 0.25) is 5.91 Å². The van der Waals surface area contributed by atoms with Gasteiger partial charge < -0.3 is 24.1 Å². The molecule has 1 N–H and O–H groups in total. The van der Waals surface area contributed by atoms with E-state index in [9.17, 15) is 9.59 Å². The summed E-state index contributed by atoms with van der Waals surface area (Å²) in [5.74, 6) is 0.890. The Bertz CT molecular complexity index is 744. The number of furan rings is 1. The zero-order valence-corrected chi connectivity index (χ0v) is 14.1. The van der Waals surface area contributed by atoms with Crippen LogP contribution in [0.5, 0.6) is 11.5 Å². The number of fused-ring (bicyclic) bond motifs is 1. The maximum atomic E-state index is 12.5. The lowest BCUT2D eigenvalue weighted by atomic mass is 10.2. The fraction of sp³-hybridized carbons (Fsp3) is 0.333. The van der Waals surface area contributed by atoms with Gasteiger partial charge in [0, 0.05) is 7.05 Å². The van der Waals surface area contributed by atoms with Crippen molar-refractivity contribution < 1.29 is 23.5 Å². The minimum Gasteiger partial charge on any atom is -0.486 e. The van der Waals surface area contributed by atoms with Gasteiger partial charge in [-0.05, 0) is 31.2 Å². The number of carbonyl (C=O) groups excluding carboxylic acids is 2. The first-order chi connectivity index (χ1) is 12.0. The van der Waals surface area contributed by atoms with E-state index >= 15 is 0 Å². The Morgan fingerprint density at radius 2 is 2.00 bits per heavy atom. The van der Waals surface area contributed by atoms with Crippen molar-refractivity contribution in [2.45, 2.75) is 19.1 Å². The lowest BCUT2D eigenvalue weighted by Gasteiger charge is -2.30. The van der Waals surface area contributed by atoms with E-state index in [0.717, 1.165) is 0 Å². The highest BCUT2D eigenvalue weighted by atomic mass is 16.6. The van der Waals surface area contributed by atoms with Crippen LogP contribution in [-0.2, 0) is 4.79 Å². The molecule has 7 nitrogen and oxygen atoms in total. The van der Waals surface area contributed by atoms with Crippen molar-refractivity contribution >= 4 is 11.8 Å². The average Bonchev–Trinajstić information content (AvgIpc) is 3.15. The molecule has 0 saturated carbocycles. The number of amides is 2. The third-order valence-electron chi connectivity index (χ3n) is 3.88. The van der Waals surface area contributed by atoms with Gasteiger partial charge in [-0.15, -0.1) is 0 Å². The zero-order valence-electron chi connectivity index (χ0n) is 14.1. The molecule has 1 aromatic heterocycles. The van der Waals surface area contributed by atoms with Crippen LogP contribution < -0.4 is 14.8 Å². The van der Waals surface area contributed by atoms with Gasteiger partial charge in [0.1, 0.15) is 12.6 Å². The molecule has 2 amide bonds. The summed E-state index contributed by atoms with van der Waals surface area (Å²) < 4.78 is 16.5. The van der Waals surface area contributed by atoms with E-state index in [0.29, 0.717) is 24.7 Å². The smallest absolute Gasteiger partial charge is 0.287 e. The summed E-state index contributed by atoms with van der Waals surface area (Å²) in [6.45, 7) is 2.35. The van der Waals surface area contributed by atoms with E-state index in [1.807, 2.05) is 24.3 Å². The number of carbonyl (C=O) groups is 2. The van der Waals surface area contributed by atoms with Crippen LogP contribution in [0.3, 0.4) is 0 Å². The molecule has 7 heteroatoms. The number of hydrogen-bond acceptors (Lipinski definition) is 5. The highest BCUT2D eigenvalue weighted by Crippen LogP contribution is 2.30. The molecule has 25 heavy (non-hydrogen) atoms. The topological polar surface area (TPSA) is 81.0 Å². The second-order valence-electron chi connectivity index (χ2n) is 5.89. The Labute approximate surface area is 145 Å². The molecule has 0 aliphatic carbocycles. The fourth-order valence-electron chi connectivity index (χ4n) is 2.62. The molecule has 2 atom stereocenters. The fourth-order valence-corrected chi connectivity index (χ4v) is 2.62. The molecule has 0 saturated heterocycles. The van der Waals surface area contributed by atoms with Crippen molar-refractivity contribution in [1.29, 1.82) is 0 Å². The molecule has 0 fully saturated rings. The highest BCUT2D eigenvalue weighted by Gasteiger charge is 2.26. The van der Waals surface area contributed by atoms with Gasteiger partial charge in [-0.2, -0.15) is 0 Å². The van der Waals surface area contributed by atoms with Crippen LogP contribution in [0, 0.1) is 0 Å². The van der Waals surface area contributed by atoms with Gasteiger partial charge in [0.15, 0.2) is 23.4 Å². The molecule has 132 valence electrons. The molecule has 2 aromatic rings. The van der Waals surface area contributed by atoms with E-state index in [1.165, 1.54) is 11.2 Å². The van der Waals surface area contributed by atoms with Crippen LogP contribution in [0.2, 0.25) is 0 Å². The van der Waals surface area contributed by atoms with Gasteiger partial charge in [0.05, 0.1) is 12.8 Å². The van der Waals surface area contributed by atoms with Crippen LogP contribution >= 0.6 is 0 Å². The lowest BCUT2D eigenvalue weighted by molar-refractivity contribution is -0.132. The molecule has 0 bridgehead atoms. The molecule has 2 unspecified atom stereocenters. The normalized spacial score (nSPS) is 16.8. The predicted molar refractivity (Wildman–Crippen MR) is 89.6 cm³/mol. The second-order valence-corrected chi connectivity index (χ2v) is 5.89. The Morgan fingerprint density at radius 1 is 1.24 bits per heavy atom. The third-order valence-corrected chi connectivity index (χ3v) is 3.88. The summed E-state index contributed by atoms with van der Waals surface area (Å²) in [6, 6.07) is 9.89. The quantitative estimate of drug-likeness (QED) is 0.893. The van der Waals surface area contributed by atoms with Gasteiger partial charge in [0.25, 0.3) is 5.91 Å². The minimum atomic E-state index is -0.681. The zero-order chi connectivity index (χ0) is 17.8. The SMILES string of the molecule is CC(NC(=O)c1ccco1)C(=O)N(C)CC1COc2ccccc2O1. The third kappa shape index (κ3) is 3.93. The summed E-state index contributed by atoms with van der Waals surface area (Å²) in [6.07, 6.45) is 1.14. The minimum absolute atomic E-state index is 0.169. The lowest BCUT2D eigenvalue weighted by Crippen LogP contribution is -2.49. The van der Waals surface area contributed by atoms with Gasteiger partial charge in [-0.1, -0.05) is 12.1 Å². The van der Waals surface area contributed by atoms with Crippen LogP contribution in [-0.4, -0.2) is 49.1 Å². The summed E-state index contributed by atoms with van der Waals surface area (Å²) >= 11 is 0. The molecule has 0 spiro atoms. The molecule has 0 radical (unpaired) electrons. The number of benzene rings is 1. The standard InChI is InChI=1S/C18H20N2O5/c1-12(19-17(21)16-8-5-9-23-16)18(22)20(2)10-13-11-24-14-6-3-4-7-15(14)25-13/h3-9,12-13H,10-11H2,1-2H3,(H,19,21). The summed E-state index contributed by atoms with van der Waals surface area (Å²) in [5.41, 5.74) is 0. The summed E-state index contributed by atoms with van der Waals surface area (Å²) in [5, 5.41) is 2.62. The number of hydrogen-bond donors (Lipinski definition) is 1. The number of ether oxygens (including phenoxy) is 2. The Hall–Kier alpha value is -2.96. The number of likely N-dealkylation sites (N-methyl/N-ethyl adjacent to an activating group) is 1. The Kier molecular flexibility index (Phi) is 4.92. The number of nitrogens with one attached hydrogen (secondary N) is 1. The van der Waals surface area contributed by atoms with Crippen LogP contribution in [0.25, 0.3) is 0 Å². The molecular formula is C18H20N2O5. The monoisotopic (exact) mass is 344 g/mol. The molecule has 1 aliphatic heterocycles. The van der Waals surface area contributed by atoms with Crippen molar-refractivity contribution in [3.8, 4) is 11.5 Å². The van der Waals surface area contributed by atoms with E-state index < -0.39 is 11.9 Å². The predicted octanol–water partition coefficient (Wildman–Crippen LogP) is 1.70. The summed E-state index contributed by atoms with van der Waals surface area (Å²) in [7, 11) is 1.67. The number of para-hydroxylation sites is 2. The van der Waals surface area contributed by atoms with Crippen molar-refractivity contribution in [2.24, 2.45) is 0 Å². The van der Waals surface area contributed by atoms with E-state index in [-0.39, 0.29) is 17.8 Å². The van der Waals surface area contributed by atoms with Crippen molar-refractivity contribution in [2.75, 3.05) is 20.2 Å². The maximum absolute atomic E-state index is 12.5. The molecule has 3 rings (SSSR count). The molecule has 1 aliphatic rings. The molecule has 2 heterocycles. The highest BCUT2D eigenvalue weighted by molar-refractivity contribution is 5.95. The number of nitrogens with zero attached hydrogens (tertiary/aromatic N) is 1. The van der Waals surface area contributed by atoms with Gasteiger partial charge in [-0.25, -0.2) is 0 Å².